The zero-order chi connectivity index (χ0) is 28.3. The SMILES string of the molecule is CCCCN(C)C(=O)CCCCCCCCCC[C@@H]1Cc2cc(O)c3c(c2C2CC[C@@]4(C)C(CC[C@H]4O)C21)CC3. The molecule has 4 nitrogen and oxygen atoms in total. The van der Waals surface area contributed by atoms with Crippen LogP contribution in [0.3, 0.4) is 0 Å². The second kappa shape index (κ2) is 13.2. The summed E-state index contributed by atoms with van der Waals surface area (Å²) in [6, 6.07) is 2.14. The molecular formula is C36H57NO3. The number of unbranched alkanes of at least 4 members (excludes halogenated alkanes) is 8. The summed E-state index contributed by atoms with van der Waals surface area (Å²) in [6.07, 6.45) is 22.1. The van der Waals surface area contributed by atoms with Gasteiger partial charge < -0.3 is 15.1 Å². The first-order valence-corrected chi connectivity index (χ1v) is 17.1. The molecule has 2 N–H and O–H groups in total. The van der Waals surface area contributed by atoms with Crippen molar-refractivity contribution in [3.63, 3.8) is 0 Å². The van der Waals surface area contributed by atoms with E-state index in [1.165, 1.54) is 80.9 Å². The van der Waals surface area contributed by atoms with Gasteiger partial charge in [0.2, 0.25) is 5.91 Å². The van der Waals surface area contributed by atoms with Crippen molar-refractivity contribution in [2.75, 3.05) is 13.6 Å². The number of aliphatic hydroxyl groups is 1. The monoisotopic (exact) mass is 551 g/mol. The molecule has 0 bridgehead atoms. The number of aromatic hydroxyl groups is 1. The smallest absolute Gasteiger partial charge is 0.222 e. The summed E-state index contributed by atoms with van der Waals surface area (Å²) in [5.74, 6) is 3.57. The zero-order valence-corrected chi connectivity index (χ0v) is 25.9. The molecule has 1 aromatic rings. The van der Waals surface area contributed by atoms with Gasteiger partial charge in [-0.15, -0.1) is 0 Å². The lowest BCUT2D eigenvalue weighted by Gasteiger charge is -2.54. The third-order valence-corrected chi connectivity index (χ3v) is 11.9. The van der Waals surface area contributed by atoms with Crippen molar-refractivity contribution in [2.24, 2.45) is 23.2 Å². The Kier molecular flexibility index (Phi) is 9.86. The van der Waals surface area contributed by atoms with Gasteiger partial charge in [-0.2, -0.15) is 0 Å². The Bertz CT molecular complexity index is 1020. The maximum absolute atomic E-state index is 12.2. The number of hydrogen-bond donors (Lipinski definition) is 2. The molecule has 0 spiro atoms. The number of fused-ring (bicyclic) bond motifs is 7. The van der Waals surface area contributed by atoms with E-state index in [1.54, 1.807) is 5.56 Å². The van der Waals surface area contributed by atoms with Crippen molar-refractivity contribution in [2.45, 2.75) is 148 Å². The van der Waals surface area contributed by atoms with Crippen LogP contribution in [0.15, 0.2) is 6.07 Å². The van der Waals surface area contributed by atoms with Gasteiger partial charge in [0.1, 0.15) is 5.75 Å². The highest BCUT2D eigenvalue weighted by molar-refractivity contribution is 5.75. The van der Waals surface area contributed by atoms with E-state index < -0.39 is 0 Å². The van der Waals surface area contributed by atoms with Crippen molar-refractivity contribution < 1.29 is 15.0 Å². The number of carbonyl (C=O) groups is 1. The van der Waals surface area contributed by atoms with Crippen molar-refractivity contribution >= 4 is 5.91 Å². The van der Waals surface area contributed by atoms with E-state index in [2.05, 4.69) is 19.9 Å². The van der Waals surface area contributed by atoms with Crippen LogP contribution in [0.5, 0.6) is 5.75 Å². The number of aliphatic hydroxyl groups excluding tert-OH is 1. The van der Waals surface area contributed by atoms with Crippen LogP contribution in [0, 0.1) is 23.2 Å². The molecule has 224 valence electrons. The molecule has 0 radical (unpaired) electrons. The van der Waals surface area contributed by atoms with E-state index in [-0.39, 0.29) is 11.5 Å². The summed E-state index contributed by atoms with van der Waals surface area (Å²) in [6.45, 7) is 5.47. The van der Waals surface area contributed by atoms with Gasteiger partial charge in [0, 0.05) is 20.0 Å². The Hall–Kier alpha value is -1.55. The Morgan fingerprint density at radius 1 is 0.975 bits per heavy atom. The Balaban J connectivity index is 1.08. The molecule has 5 rings (SSSR count). The summed E-state index contributed by atoms with van der Waals surface area (Å²) in [7, 11) is 1.95. The van der Waals surface area contributed by atoms with Crippen molar-refractivity contribution in [1.82, 2.24) is 4.90 Å². The zero-order valence-electron chi connectivity index (χ0n) is 25.9. The van der Waals surface area contributed by atoms with Gasteiger partial charge >= 0.3 is 0 Å². The average Bonchev–Trinajstić information content (AvgIpc) is 3.22. The van der Waals surface area contributed by atoms with E-state index in [4.69, 9.17) is 0 Å². The maximum atomic E-state index is 12.2. The van der Waals surface area contributed by atoms with E-state index in [9.17, 15) is 15.0 Å². The lowest BCUT2D eigenvalue weighted by molar-refractivity contribution is -0.130. The minimum Gasteiger partial charge on any atom is -0.508 e. The number of benzene rings is 1. The fourth-order valence-corrected chi connectivity index (χ4v) is 9.44. The highest BCUT2D eigenvalue weighted by atomic mass is 16.3. The molecule has 1 amide bonds. The van der Waals surface area contributed by atoms with Crippen LogP contribution in [0.4, 0.5) is 0 Å². The highest BCUT2D eigenvalue weighted by Gasteiger charge is 2.57. The van der Waals surface area contributed by atoms with Crippen molar-refractivity contribution in [3.8, 4) is 5.75 Å². The maximum Gasteiger partial charge on any atom is 0.222 e. The largest absolute Gasteiger partial charge is 0.508 e. The molecule has 2 fully saturated rings. The normalized spacial score (nSPS) is 30.1. The van der Waals surface area contributed by atoms with Crippen LogP contribution in [0.25, 0.3) is 0 Å². The molecule has 0 saturated heterocycles. The number of carbonyl (C=O) groups excluding carboxylic acids is 1. The first-order chi connectivity index (χ1) is 19.3. The number of amides is 1. The van der Waals surface area contributed by atoms with Gasteiger partial charge in [0.25, 0.3) is 0 Å². The third kappa shape index (κ3) is 5.99. The molecule has 3 unspecified atom stereocenters. The number of nitrogens with zero attached hydrogens (tertiary/aromatic N) is 1. The van der Waals surface area contributed by atoms with Crippen LogP contribution in [-0.2, 0) is 24.1 Å². The fourth-order valence-electron chi connectivity index (χ4n) is 9.44. The second-order valence-corrected chi connectivity index (χ2v) is 14.4. The van der Waals surface area contributed by atoms with Gasteiger partial charge in [0.15, 0.2) is 0 Å². The summed E-state index contributed by atoms with van der Waals surface area (Å²) in [5, 5.41) is 21.7. The minimum atomic E-state index is -0.122. The van der Waals surface area contributed by atoms with Crippen LogP contribution >= 0.6 is 0 Å². The van der Waals surface area contributed by atoms with Gasteiger partial charge in [-0.3, -0.25) is 4.79 Å². The summed E-state index contributed by atoms with van der Waals surface area (Å²) >= 11 is 0. The highest BCUT2D eigenvalue weighted by Crippen LogP contribution is 2.64. The standard InChI is InChI=1S/C36H57NO3/c1-4-5-22-37(3)33(40)15-13-11-9-7-6-8-10-12-14-25-23-26-24-31(38)27-16-17-28(27)34(26)29-20-21-36(2)30(35(25)29)18-19-32(36)39/h24-25,29-30,32,35,38-39H,4-23H2,1-3H3/t25-,29?,30?,32-,35?,36+/m1/s1. The van der Waals surface area contributed by atoms with E-state index in [0.717, 1.165) is 57.9 Å². The molecule has 0 aromatic heterocycles. The number of phenols is 1. The number of phenolic OH excluding ortho intramolecular Hbond substituents is 1. The predicted molar refractivity (Wildman–Crippen MR) is 164 cm³/mol. The molecule has 0 aliphatic heterocycles. The predicted octanol–water partition coefficient (Wildman–Crippen LogP) is 8.09. The summed E-state index contributed by atoms with van der Waals surface area (Å²) in [5.41, 5.74) is 5.94. The van der Waals surface area contributed by atoms with Gasteiger partial charge in [-0.25, -0.2) is 0 Å². The van der Waals surface area contributed by atoms with Crippen LogP contribution in [-0.4, -0.2) is 40.7 Å². The summed E-state index contributed by atoms with van der Waals surface area (Å²) in [4.78, 5) is 14.1. The third-order valence-electron chi connectivity index (χ3n) is 11.9. The number of rotatable bonds is 14. The first-order valence-electron chi connectivity index (χ1n) is 17.1. The second-order valence-electron chi connectivity index (χ2n) is 14.4. The van der Waals surface area contributed by atoms with E-state index >= 15 is 0 Å². The van der Waals surface area contributed by atoms with Crippen LogP contribution in [0.1, 0.15) is 145 Å². The van der Waals surface area contributed by atoms with Crippen molar-refractivity contribution in [3.05, 3.63) is 28.3 Å². The van der Waals surface area contributed by atoms with E-state index in [0.29, 0.717) is 41.7 Å². The van der Waals surface area contributed by atoms with Gasteiger partial charge in [0.05, 0.1) is 6.10 Å². The Labute approximate surface area is 244 Å². The molecule has 4 heteroatoms. The minimum absolute atomic E-state index is 0.108. The van der Waals surface area contributed by atoms with Gasteiger partial charge in [-0.1, -0.05) is 65.2 Å². The Morgan fingerprint density at radius 3 is 2.38 bits per heavy atom. The quantitative estimate of drug-likeness (QED) is 0.230. The molecule has 2 saturated carbocycles. The van der Waals surface area contributed by atoms with Crippen LogP contribution in [0.2, 0.25) is 0 Å². The molecule has 40 heavy (non-hydrogen) atoms. The average molecular weight is 552 g/mol. The fraction of sp³-hybridized carbons (Fsp3) is 0.806. The Morgan fingerprint density at radius 2 is 1.68 bits per heavy atom. The first kappa shape index (κ1) is 29.9. The van der Waals surface area contributed by atoms with Crippen LogP contribution < -0.4 is 0 Å². The van der Waals surface area contributed by atoms with E-state index in [1.807, 2.05) is 11.9 Å². The molecule has 0 heterocycles. The van der Waals surface area contributed by atoms with Gasteiger partial charge in [-0.05, 0) is 122 Å². The molecule has 4 aliphatic rings. The lowest BCUT2D eigenvalue weighted by Crippen LogP contribution is -2.47. The number of hydrogen-bond acceptors (Lipinski definition) is 3. The van der Waals surface area contributed by atoms with Crippen molar-refractivity contribution in [1.29, 1.82) is 0 Å². The molecule has 4 aliphatic carbocycles. The lowest BCUT2D eigenvalue weighted by atomic mass is 9.51. The molecular weight excluding hydrogens is 494 g/mol. The topological polar surface area (TPSA) is 60.8 Å². The molecule has 6 atom stereocenters. The summed E-state index contributed by atoms with van der Waals surface area (Å²) < 4.78 is 0. The molecule has 1 aromatic carbocycles.